The van der Waals surface area contributed by atoms with Crippen molar-refractivity contribution in [2.75, 3.05) is 5.73 Å². The van der Waals surface area contributed by atoms with Gasteiger partial charge in [0.2, 0.25) is 5.88 Å². The molecule has 8 heteroatoms. The van der Waals surface area contributed by atoms with Gasteiger partial charge in [0.05, 0.1) is 10.0 Å². The Bertz CT molecular complexity index is 624. The lowest BCUT2D eigenvalue weighted by Gasteiger charge is -2.11. The maximum absolute atomic E-state index is 12.5. The van der Waals surface area contributed by atoms with Crippen LogP contribution in [0.5, 0.6) is 11.6 Å². The smallest absolute Gasteiger partial charge is 0.433 e. The normalized spacial score (nSPS) is 11.4. The van der Waals surface area contributed by atoms with Crippen LogP contribution in [0, 0.1) is 0 Å². The van der Waals surface area contributed by atoms with Crippen LogP contribution < -0.4 is 10.5 Å². The summed E-state index contributed by atoms with van der Waals surface area (Å²) >= 11 is 11.7. The second-order valence-corrected chi connectivity index (χ2v) is 4.59. The summed E-state index contributed by atoms with van der Waals surface area (Å²) in [7, 11) is 0. The summed E-state index contributed by atoms with van der Waals surface area (Å²) in [6.07, 6.45) is -4.56. The number of aromatic nitrogens is 1. The van der Waals surface area contributed by atoms with Crippen LogP contribution in [0.2, 0.25) is 10.0 Å². The Morgan fingerprint density at radius 1 is 1.10 bits per heavy atom. The van der Waals surface area contributed by atoms with E-state index in [2.05, 4.69) is 4.98 Å². The number of rotatable bonds is 2. The van der Waals surface area contributed by atoms with Crippen LogP contribution in [0.25, 0.3) is 0 Å². The van der Waals surface area contributed by atoms with E-state index in [0.29, 0.717) is 5.69 Å². The number of hydrogen-bond acceptors (Lipinski definition) is 3. The molecular formula is C12H7Cl2F3N2O. The molecule has 3 nitrogen and oxygen atoms in total. The highest BCUT2D eigenvalue weighted by Gasteiger charge is 2.32. The topological polar surface area (TPSA) is 48.1 Å². The molecule has 0 atom stereocenters. The summed E-state index contributed by atoms with van der Waals surface area (Å²) in [5.41, 5.74) is 4.75. The summed E-state index contributed by atoms with van der Waals surface area (Å²) in [5, 5.41) is 0.156. The number of benzene rings is 1. The van der Waals surface area contributed by atoms with Crippen molar-refractivity contribution in [3.05, 3.63) is 46.1 Å². The molecule has 1 heterocycles. The van der Waals surface area contributed by atoms with Gasteiger partial charge < -0.3 is 10.5 Å². The molecule has 0 amide bonds. The Morgan fingerprint density at radius 2 is 1.70 bits per heavy atom. The van der Waals surface area contributed by atoms with E-state index in [9.17, 15) is 13.2 Å². The quantitative estimate of drug-likeness (QED) is 0.809. The van der Waals surface area contributed by atoms with Crippen molar-refractivity contribution >= 4 is 28.9 Å². The van der Waals surface area contributed by atoms with Gasteiger partial charge in [-0.05, 0) is 18.2 Å². The first-order valence-corrected chi connectivity index (χ1v) is 5.99. The zero-order valence-corrected chi connectivity index (χ0v) is 11.2. The Morgan fingerprint density at radius 3 is 2.25 bits per heavy atom. The van der Waals surface area contributed by atoms with Crippen LogP contribution >= 0.6 is 23.2 Å². The Labute approximate surface area is 122 Å². The van der Waals surface area contributed by atoms with E-state index >= 15 is 0 Å². The maximum atomic E-state index is 12.5. The van der Waals surface area contributed by atoms with Crippen molar-refractivity contribution in [3.63, 3.8) is 0 Å². The average Bonchev–Trinajstić information content (AvgIpc) is 2.33. The van der Waals surface area contributed by atoms with Gasteiger partial charge in [-0.25, -0.2) is 4.98 Å². The standard InChI is InChI=1S/C12H7Cl2F3N2O/c13-7-4-6(18)5-8(14)11(7)20-10-3-1-2-9(19-10)12(15,16)17/h1-5H,18H2. The molecule has 106 valence electrons. The van der Waals surface area contributed by atoms with E-state index in [-0.39, 0.29) is 21.7 Å². The van der Waals surface area contributed by atoms with Crippen LogP contribution in [0.1, 0.15) is 5.69 Å². The molecular weight excluding hydrogens is 316 g/mol. The molecule has 0 aliphatic heterocycles. The number of halogens is 5. The van der Waals surface area contributed by atoms with Crippen molar-refractivity contribution in [3.8, 4) is 11.6 Å². The van der Waals surface area contributed by atoms with Gasteiger partial charge in [-0.3, -0.25) is 0 Å². The molecule has 0 fully saturated rings. The highest BCUT2D eigenvalue weighted by molar-refractivity contribution is 6.37. The third-order valence-corrected chi connectivity index (χ3v) is 2.80. The summed E-state index contributed by atoms with van der Waals surface area (Å²) in [5.74, 6) is -0.275. The van der Waals surface area contributed by atoms with Gasteiger partial charge >= 0.3 is 6.18 Å². The van der Waals surface area contributed by atoms with Crippen LogP contribution in [0.3, 0.4) is 0 Å². The molecule has 1 aromatic heterocycles. The lowest BCUT2D eigenvalue weighted by Crippen LogP contribution is -2.08. The monoisotopic (exact) mass is 322 g/mol. The fourth-order valence-corrected chi connectivity index (χ4v) is 1.99. The third kappa shape index (κ3) is 3.26. The first kappa shape index (κ1) is 14.7. The van der Waals surface area contributed by atoms with Crippen molar-refractivity contribution in [1.29, 1.82) is 0 Å². The minimum atomic E-state index is -4.56. The fraction of sp³-hybridized carbons (Fsp3) is 0.0833. The van der Waals surface area contributed by atoms with Gasteiger partial charge in [-0.1, -0.05) is 29.3 Å². The fourth-order valence-electron chi connectivity index (χ4n) is 1.41. The van der Waals surface area contributed by atoms with Gasteiger partial charge in [0.1, 0.15) is 5.69 Å². The number of hydrogen-bond donors (Lipinski definition) is 1. The first-order chi connectivity index (χ1) is 9.27. The number of ether oxygens (including phenoxy) is 1. The number of pyridine rings is 1. The van der Waals surface area contributed by atoms with Crippen LogP contribution in [0.4, 0.5) is 18.9 Å². The van der Waals surface area contributed by atoms with Crippen LogP contribution in [-0.4, -0.2) is 4.98 Å². The van der Waals surface area contributed by atoms with E-state index in [4.69, 9.17) is 33.7 Å². The van der Waals surface area contributed by atoms with E-state index in [1.165, 1.54) is 24.3 Å². The van der Waals surface area contributed by atoms with Crippen LogP contribution in [0.15, 0.2) is 30.3 Å². The Hall–Kier alpha value is -1.66. The molecule has 0 unspecified atom stereocenters. The SMILES string of the molecule is Nc1cc(Cl)c(Oc2cccc(C(F)(F)F)n2)c(Cl)c1. The predicted molar refractivity (Wildman–Crippen MR) is 70.2 cm³/mol. The lowest BCUT2D eigenvalue weighted by atomic mass is 10.3. The first-order valence-electron chi connectivity index (χ1n) is 5.24. The summed E-state index contributed by atoms with van der Waals surface area (Å²) in [4.78, 5) is 3.35. The molecule has 2 aromatic rings. The van der Waals surface area contributed by atoms with Crippen molar-refractivity contribution in [2.24, 2.45) is 0 Å². The molecule has 0 radical (unpaired) electrons. The molecule has 2 N–H and O–H groups in total. The summed E-state index contributed by atoms with van der Waals surface area (Å²) < 4.78 is 42.8. The van der Waals surface area contributed by atoms with Crippen molar-refractivity contribution < 1.29 is 17.9 Å². The van der Waals surface area contributed by atoms with Crippen molar-refractivity contribution in [1.82, 2.24) is 4.98 Å². The average molecular weight is 323 g/mol. The highest BCUT2D eigenvalue weighted by atomic mass is 35.5. The van der Waals surface area contributed by atoms with E-state index < -0.39 is 11.9 Å². The van der Waals surface area contributed by atoms with Gasteiger partial charge in [0.15, 0.2) is 5.75 Å². The second kappa shape index (κ2) is 5.38. The van der Waals surface area contributed by atoms with E-state index in [1.807, 2.05) is 0 Å². The molecule has 0 saturated carbocycles. The largest absolute Gasteiger partial charge is 0.436 e. The summed E-state index contributed by atoms with van der Waals surface area (Å²) in [6, 6.07) is 6.01. The number of nitrogens with zero attached hydrogens (tertiary/aromatic N) is 1. The molecule has 0 bridgehead atoms. The van der Waals surface area contributed by atoms with Gasteiger partial charge in [0, 0.05) is 11.8 Å². The summed E-state index contributed by atoms with van der Waals surface area (Å²) in [6.45, 7) is 0. The minimum absolute atomic E-state index is 0.00522. The minimum Gasteiger partial charge on any atom is -0.436 e. The molecule has 0 aliphatic rings. The lowest BCUT2D eigenvalue weighted by molar-refractivity contribution is -0.141. The Kier molecular flexibility index (Phi) is 3.96. The molecule has 1 aromatic carbocycles. The number of anilines is 1. The molecule has 20 heavy (non-hydrogen) atoms. The second-order valence-electron chi connectivity index (χ2n) is 3.77. The van der Waals surface area contributed by atoms with Gasteiger partial charge in [-0.2, -0.15) is 13.2 Å². The Balaban J connectivity index is 2.36. The van der Waals surface area contributed by atoms with Crippen molar-refractivity contribution in [2.45, 2.75) is 6.18 Å². The predicted octanol–water partition coefficient (Wildman–Crippen LogP) is 4.78. The molecule has 0 saturated heterocycles. The third-order valence-electron chi connectivity index (χ3n) is 2.24. The van der Waals surface area contributed by atoms with Gasteiger partial charge in [-0.15, -0.1) is 0 Å². The van der Waals surface area contributed by atoms with E-state index in [0.717, 1.165) is 6.07 Å². The number of nitrogens with two attached hydrogens (primary N) is 1. The van der Waals surface area contributed by atoms with Crippen LogP contribution in [-0.2, 0) is 6.18 Å². The number of nitrogen functional groups attached to an aromatic ring is 1. The molecule has 0 aliphatic carbocycles. The highest BCUT2D eigenvalue weighted by Crippen LogP contribution is 2.38. The maximum Gasteiger partial charge on any atom is 0.433 e. The molecule has 2 rings (SSSR count). The van der Waals surface area contributed by atoms with E-state index in [1.54, 1.807) is 0 Å². The number of alkyl halides is 3. The zero-order chi connectivity index (χ0) is 14.9. The molecule has 0 spiro atoms. The zero-order valence-electron chi connectivity index (χ0n) is 9.71. The van der Waals surface area contributed by atoms with Gasteiger partial charge in [0.25, 0.3) is 0 Å².